The molecule has 0 bridgehead atoms. The van der Waals surface area contributed by atoms with Crippen LogP contribution in [0.5, 0.6) is 5.75 Å². The first-order chi connectivity index (χ1) is 15.3. The molecule has 1 amide bonds. The number of nitrogens with one attached hydrogen (secondary N) is 1. The molecule has 162 valence electrons. The molecule has 33 heavy (non-hydrogen) atoms. The Morgan fingerprint density at radius 2 is 2.00 bits per heavy atom. The first-order valence-corrected chi connectivity index (χ1v) is 9.44. The number of aromatic hydroxyl groups is 1. The Kier molecular flexibility index (Phi) is 8.90. The van der Waals surface area contributed by atoms with Crippen LogP contribution in [-0.4, -0.2) is 38.2 Å². The average molecular weight is 455 g/mol. The number of nitrogen functional groups attached to an aromatic ring is 1. The number of hydrogen-bond donors (Lipinski definition) is 4. The summed E-state index contributed by atoms with van der Waals surface area (Å²) in [6.45, 7) is 0. The van der Waals surface area contributed by atoms with Gasteiger partial charge in [-0.3, -0.25) is 9.78 Å². The second kappa shape index (κ2) is 11.4. The SMILES string of the molecule is N#Cc1c(-c2cccc(NC(=O)C(O)CCC(=O)[O-])c2)cc(-c2ncccc2O)nc1N.[Na+]. The van der Waals surface area contributed by atoms with Crippen LogP contribution >= 0.6 is 0 Å². The number of aliphatic carboxylic acids is 1. The van der Waals surface area contributed by atoms with Crippen molar-refractivity contribution in [1.82, 2.24) is 9.97 Å². The van der Waals surface area contributed by atoms with Gasteiger partial charge in [-0.25, -0.2) is 4.98 Å². The first-order valence-electron chi connectivity index (χ1n) is 9.44. The van der Waals surface area contributed by atoms with E-state index in [2.05, 4.69) is 15.3 Å². The number of nitrogens with zero attached hydrogens (tertiary/aromatic N) is 3. The summed E-state index contributed by atoms with van der Waals surface area (Å²) in [5.41, 5.74) is 7.72. The molecule has 3 aromatic rings. The van der Waals surface area contributed by atoms with Gasteiger partial charge in [-0.1, -0.05) is 12.1 Å². The second-order valence-corrected chi connectivity index (χ2v) is 6.79. The van der Waals surface area contributed by atoms with Crippen LogP contribution in [0.3, 0.4) is 0 Å². The summed E-state index contributed by atoms with van der Waals surface area (Å²) in [5, 5.41) is 42.5. The van der Waals surface area contributed by atoms with Crippen LogP contribution in [0, 0.1) is 11.3 Å². The number of aliphatic hydroxyl groups excluding tert-OH is 1. The molecule has 3 rings (SSSR count). The number of nitriles is 1. The zero-order valence-corrected chi connectivity index (χ0v) is 19.6. The Hall–Kier alpha value is -3.49. The minimum Gasteiger partial charge on any atom is -0.550 e. The number of nitrogens with two attached hydrogens (primary N) is 1. The van der Waals surface area contributed by atoms with Gasteiger partial charge in [0.2, 0.25) is 0 Å². The number of benzene rings is 1. The van der Waals surface area contributed by atoms with E-state index >= 15 is 0 Å². The van der Waals surface area contributed by atoms with Gasteiger partial charge in [0.25, 0.3) is 5.91 Å². The fourth-order valence-corrected chi connectivity index (χ4v) is 3.00. The largest absolute Gasteiger partial charge is 1.00 e. The molecule has 0 saturated carbocycles. The third kappa shape index (κ3) is 6.27. The van der Waals surface area contributed by atoms with Crippen LogP contribution in [0.4, 0.5) is 11.5 Å². The van der Waals surface area contributed by atoms with Crippen LogP contribution in [0.1, 0.15) is 18.4 Å². The number of carboxylic acid groups (broad SMARTS) is 1. The minimum atomic E-state index is -1.53. The normalized spacial score (nSPS) is 11.0. The molecule has 0 saturated heterocycles. The summed E-state index contributed by atoms with van der Waals surface area (Å²) in [6.07, 6.45) is -0.794. The number of amides is 1. The van der Waals surface area contributed by atoms with Crippen LogP contribution in [0.2, 0.25) is 0 Å². The van der Waals surface area contributed by atoms with Crippen molar-refractivity contribution < 1.29 is 54.5 Å². The molecule has 1 atom stereocenters. The number of carbonyl (C=O) groups is 2. The summed E-state index contributed by atoms with van der Waals surface area (Å²) in [4.78, 5) is 30.9. The minimum absolute atomic E-state index is 0. The predicted octanol–water partition coefficient (Wildman–Crippen LogP) is -2.20. The third-order valence-corrected chi connectivity index (χ3v) is 4.55. The number of hydrogen-bond acceptors (Lipinski definition) is 9. The van der Waals surface area contributed by atoms with E-state index in [0.717, 1.165) is 0 Å². The van der Waals surface area contributed by atoms with E-state index in [0.29, 0.717) is 16.8 Å². The van der Waals surface area contributed by atoms with Gasteiger partial charge in [0.15, 0.2) is 0 Å². The van der Waals surface area contributed by atoms with Gasteiger partial charge >= 0.3 is 29.6 Å². The van der Waals surface area contributed by atoms with E-state index in [-0.39, 0.29) is 64.5 Å². The zero-order chi connectivity index (χ0) is 23.3. The molecule has 2 heterocycles. The smallest absolute Gasteiger partial charge is 0.550 e. The summed E-state index contributed by atoms with van der Waals surface area (Å²) in [7, 11) is 0. The summed E-state index contributed by atoms with van der Waals surface area (Å²) < 4.78 is 0. The quantitative estimate of drug-likeness (QED) is 0.287. The molecule has 0 fully saturated rings. The fraction of sp³-hybridized carbons (Fsp3) is 0.136. The number of aliphatic hydroxyl groups is 1. The maximum atomic E-state index is 12.1. The summed E-state index contributed by atoms with van der Waals surface area (Å²) in [5.74, 6) is -2.32. The number of aromatic nitrogens is 2. The van der Waals surface area contributed by atoms with Crippen LogP contribution < -0.4 is 45.7 Å². The van der Waals surface area contributed by atoms with Crippen molar-refractivity contribution in [2.24, 2.45) is 0 Å². The molecule has 0 radical (unpaired) electrons. The number of anilines is 2. The molecule has 0 spiro atoms. The second-order valence-electron chi connectivity index (χ2n) is 6.79. The molecule has 0 aliphatic carbocycles. The molecule has 11 heteroatoms. The van der Waals surface area contributed by atoms with Crippen LogP contribution in [0.25, 0.3) is 22.5 Å². The van der Waals surface area contributed by atoms with Crippen molar-refractivity contribution in [3.63, 3.8) is 0 Å². The monoisotopic (exact) mass is 455 g/mol. The van der Waals surface area contributed by atoms with Gasteiger partial charge in [0.05, 0.1) is 5.69 Å². The van der Waals surface area contributed by atoms with E-state index in [4.69, 9.17) is 5.73 Å². The Labute approximate surface area is 211 Å². The first kappa shape index (κ1) is 25.8. The third-order valence-electron chi connectivity index (χ3n) is 4.55. The predicted molar refractivity (Wildman–Crippen MR) is 113 cm³/mol. The maximum absolute atomic E-state index is 12.1. The van der Waals surface area contributed by atoms with Crippen molar-refractivity contribution in [3.8, 4) is 34.3 Å². The van der Waals surface area contributed by atoms with Gasteiger partial charge in [-0.05, 0) is 48.7 Å². The molecule has 0 aliphatic heterocycles. The molecule has 0 aliphatic rings. The van der Waals surface area contributed by atoms with Gasteiger partial charge < -0.3 is 31.2 Å². The number of carbonyl (C=O) groups excluding carboxylic acids is 2. The van der Waals surface area contributed by atoms with E-state index < -0.39 is 24.4 Å². The topological polar surface area (TPSA) is 185 Å². The Morgan fingerprint density at radius 3 is 2.67 bits per heavy atom. The van der Waals surface area contributed by atoms with Gasteiger partial charge in [0, 0.05) is 23.4 Å². The fourth-order valence-electron chi connectivity index (χ4n) is 3.00. The molecule has 10 nitrogen and oxygen atoms in total. The van der Waals surface area contributed by atoms with Crippen molar-refractivity contribution in [2.45, 2.75) is 18.9 Å². The van der Waals surface area contributed by atoms with Crippen molar-refractivity contribution in [1.29, 1.82) is 5.26 Å². The zero-order valence-electron chi connectivity index (χ0n) is 17.6. The molecular formula is C22H18N5NaO5. The number of rotatable bonds is 7. The Bertz CT molecular complexity index is 1230. The molecule has 1 aromatic carbocycles. The van der Waals surface area contributed by atoms with Crippen molar-refractivity contribution in [3.05, 3.63) is 54.2 Å². The number of pyridine rings is 2. The van der Waals surface area contributed by atoms with Gasteiger partial charge in [-0.2, -0.15) is 5.26 Å². The standard InChI is InChI=1S/C22H19N5O5.Na/c23-11-15-14(10-16(27-21(15)24)20-17(28)5-2-8-25-20)12-3-1-4-13(9-12)26-22(32)18(29)6-7-19(30)31;/h1-5,8-10,18,28-29H,6-7H2,(H2,24,27)(H,26,32)(H,30,31);/q;+1/p-1. The van der Waals surface area contributed by atoms with Gasteiger partial charge in [-0.15, -0.1) is 0 Å². The van der Waals surface area contributed by atoms with E-state index in [1.54, 1.807) is 36.4 Å². The van der Waals surface area contributed by atoms with Crippen molar-refractivity contribution >= 4 is 23.4 Å². The maximum Gasteiger partial charge on any atom is 1.00 e. The Morgan fingerprint density at radius 1 is 1.24 bits per heavy atom. The van der Waals surface area contributed by atoms with E-state index in [1.807, 2.05) is 6.07 Å². The molecule has 1 unspecified atom stereocenters. The average Bonchev–Trinajstić information content (AvgIpc) is 2.77. The Balaban J connectivity index is 0.00000385. The molecule has 2 aromatic heterocycles. The van der Waals surface area contributed by atoms with Crippen LogP contribution in [-0.2, 0) is 9.59 Å². The molecular weight excluding hydrogens is 437 g/mol. The van der Waals surface area contributed by atoms with Gasteiger partial charge in [0.1, 0.15) is 35.0 Å². The number of carboxylic acids is 1. The van der Waals surface area contributed by atoms with E-state index in [9.17, 15) is 30.2 Å². The summed E-state index contributed by atoms with van der Waals surface area (Å²) in [6, 6.07) is 13.0. The van der Waals surface area contributed by atoms with Crippen LogP contribution in [0.15, 0.2) is 48.7 Å². The van der Waals surface area contributed by atoms with E-state index in [1.165, 1.54) is 12.3 Å². The van der Waals surface area contributed by atoms with Crippen molar-refractivity contribution in [2.75, 3.05) is 11.1 Å². The summed E-state index contributed by atoms with van der Waals surface area (Å²) >= 11 is 0. The molecule has 5 N–H and O–H groups in total.